The molecule has 1 unspecified atom stereocenters. The number of hydrogen-bond donors (Lipinski definition) is 2. The van der Waals surface area contributed by atoms with Crippen LogP contribution in [0.25, 0.3) is 0 Å². The Morgan fingerprint density at radius 3 is 2.85 bits per heavy atom. The van der Waals surface area contributed by atoms with Crippen molar-refractivity contribution in [3.63, 3.8) is 0 Å². The highest BCUT2D eigenvalue weighted by Gasteiger charge is 2.42. The summed E-state index contributed by atoms with van der Waals surface area (Å²) in [7, 11) is 1.75. The molecule has 20 heavy (non-hydrogen) atoms. The zero-order valence-electron chi connectivity index (χ0n) is 12.7. The molecule has 0 amide bonds. The van der Waals surface area contributed by atoms with Gasteiger partial charge in [-0.05, 0) is 44.6 Å². The fourth-order valence-corrected chi connectivity index (χ4v) is 2.20. The summed E-state index contributed by atoms with van der Waals surface area (Å²) in [6, 6.07) is 0.621. The van der Waals surface area contributed by atoms with E-state index in [0.717, 1.165) is 32.5 Å². The topological polar surface area (TPSA) is 72.2 Å². The average Bonchev–Trinajstić information content (AvgIpc) is 3.07. The Hall–Kier alpha value is -1.14. The van der Waals surface area contributed by atoms with Crippen molar-refractivity contribution in [1.82, 2.24) is 15.5 Å². The molecule has 0 radical (unpaired) electrons. The van der Waals surface area contributed by atoms with Gasteiger partial charge in [-0.3, -0.25) is 0 Å². The molecular weight excluding hydrogens is 256 g/mol. The number of rotatable bonds is 10. The molecule has 6 nitrogen and oxygen atoms in total. The molecule has 2 N–H and O–H groups in total. The van der Waals surface area contributed by atoms with Gasteiger partial charge in [0.05, 0.1) is 6.04 Å². The summed E-state index contributed by atoms with van der Waals surface area (Å²) < 4.78 is 10.8. The van der Waals surface area contributed by atoms with Gasteiger partial charge < -0.3 is 19.8 Å². The summed E-state index contributed by atoms with van der Waals surface area (Å²) in [6.07, 6.45) is 4.68. The highest BCUT2D eigenvalue weighted by Crippen LogP contribution is 2.48. The van der Waals surface area contributed by atoms with Gasteiger partial charge in [-0.15, -0.1) is 5.10 Å². The molecule has 1 aliphatic carbocycles. The maximum Gasteiger partial charge on any atom is 0.315 e. The van der Waals surface area contributed by atoms with Crippen molar-refractivity contribution in [2.45, 2.75) is 45.6 Å². The Labute approximate surface area is 120 Å². The first-order valence-corrected chi connectivity index (χ1v) is 7.49. The lowest BCUT2D eigenvalue weighted by Gasteiger charge is -2.14. The molecule has 114 valence electrons. The number of nitrogens with one attached hydrogen (secondary N) is 2. The largest absolute Gasteiger partial charge is 0.406 e. The van der Waals surface area contributed by atoms with E-state index >= 15 is 0 Å². The number of hydrogen-bond acceptors (Lipinski definition) is 6. The van der Waals surface area contributed by atoms with Crippen LogP contribution in [0.3, 0.4) is 0 Å². The quantitative estimate of drug-likeness (QED) is 0.686. The Bertz CT molecular complexity index is 404. The van der Waals surface area contributed by atoms with Crippen LogP contribution in [-0.4, -0.2) is 37.0 Å². The third-order valence-electron chi connectivity index (χ3n) is 3.92. The van der Waals surface area contributed by atoms with Gasteiger partial charge in [0.1, 0.15) is 0 Å². The molecule has 2 rings (SSSR count). The minimum absolute atomic E-state index is 0.0985. The molecule has 0 bridgehead atoms. The lowest BCUT2D eigenvalue weighted by atomic mass is 10.0. The summed E-state index contributed by atoms with van der Waals surface area (Å²) in [5, 5.41) is 14.7. The summed E-state index contributed by atoms with van der Waals surface area (Å²) in [4.78, 5) is 0. The summed E-state index contributed by atoms with van der Waals surface area (Å²) in [5.74, 6) is 0.641. The predicted molar refractivity (Wildman–Crippen MR) is 77.7 cm³/mol. The summed E-state index contributed by atoms with van der Waals surface area (Å²) in [6.45, 7) is 6.82. The Morgan fingerprint density at radius 1 is 1.40 bits per heavy atom. The van der Waals surface area contributed by atoms with Crippen molar-refractivity contribution >= 4 is 6.01 Å². The van der Waals surface area contributed by atoms with E-state index in [-0.39, 0.29) is 6.04 Å². The summed E-state index contributed by atoms with van der Waals surface area (Å²) >= 11 is 0. The normalized spacial score (nSPS) is 17.9. The maximum absolute atomic E-state index is 5.64. The van der Waals surface area contributed by atoms with Crippen LogP contribution in [0, 0.1) is 5.41 Å². The van der Waals surface area contributed by atoms with Gasteiger partial charge in [-0.25, -0.2) is 0 Å². The number of anilines is 1. The molecule has 1 aliphatic rings. The molecule has 0 saturated heterocycles. The van der Waals surface area contributed by atoms with Crippen molar-refractivity contribution < 1.29 is 9.15 Å². The van der Waals surface area contributed by atoms with Crippen LogP contribution in [-0.2, 0) is 4.74 Å². The molecule has 1 aromatic rings. The van der Waals surface area contributed by atoms with E-state index in [1.165, 1.54) is 12.8 Å². The molecule has 1 saturated carbocycles. The van der Waals surface area contributed by atoms with Crippen LogP contribution in [0.15, 0.2) is 4.42 Å². The fourth-order valence-electron chi connectivity index (χ4n) is 2.20. The van der Waals surface area contributed by atoms with E-state index in [1.807, 2.05) is 6.92 Å². The van der Waals surface area contributed by atoms with Gasteiger partial charge in [-0.2, -0.15) is 0 Å². The molecular formula is C14H26N4O2. The molecule has 1 atom stereocenters. The first-order chi connectivity index (χ1) is 9.69. The van der Waals surface area contributed by atoms with Crippen LogP contribution in [0.1, 0.15) is 51.5 Å². The van der Waals surface area contributed by atoms with E-state index in [9.17, 15) is 0 Å². The second-order valence-electron chi connectivity index (χ2n) is 5.72. The second kappa shape index (κ2) is 7.04. The van der Waals surface area contributed by atoms with E-state index in [4.69, 9.17) is 9.15 Å². The van der Waals surface area contributed by atoms with E-state index in [2.05, 4.69) is 27.8 Å². The Balaban J connectivity index is 1.78. The first kappa shape index (κ1) is 15.3. The molecule has 1 fully saturated rings. The van der Waals surface area contributed by atoms with Crippen LogP contribution < -0.4 is 10.6 Å². The van der Waals surface area contributed by atoms with Crippen LogP contribution in [0.4, 0.5) is 6.01 Å². The SMILES string of the molecule is CCCNC(C)c1nnc(NCC2(CCOC)CC2)o1. The van der Waals surface area contributed by atoms with Crippen molar-refractivity contribution in [3.8, 4) is 0 Å². The Kier molecular flexibility index (Phi) is 5.37. The standard InChI is InChI=1S/C14H26N4O2/c1-4-8-15-11(2)12-17-18-13(20-12)16-10-14(5-6-14)7-9-19-3/h11,15H,4-10H2,1-3H3,(H,16,18). The third-order valence-corrected chi connectivity index (χ3v) is 3.92. The van der Waals surface area contributed by atoms with Crippen LogP contribution in [0.2, 0.25) is 0 Å². The highest BCUT2D eigenvalue weighted by molar-refractivity contribution is 5.20. The fraction of sp³-hybridized carbons (Fsp3) is 0.857. The first-order valence-electron chi connectivity index (χ1n) is 7.49. The van der Waals surface area contributed by atoms with Gasteiger partial charge in [-0.1, -0.05) is 12.0 Å². The van der Waals surface area contributed by atoms with Crippen molar-refractivity contribution in [3.05, 3.63) is 5.89 Å². The van der Waals surface area contributed by atoms with Crippen LogP contribution in [0.5, 0.6) is 0 Å². The van der Waals surface area contributed by atoms with E-state index in [0.29, 0.717) is 17.3 Å². The zero-order valence-corrected chi connectivity index (χ0v) is 12.7. The van der Waals surface area contributed by atoms with Gasteiger partial charge >= 0.3 is 6.01 Å². The Morgan fingerprint density at radius 2 is 2.20 bits per heavy atom. The van der Waals surface area contributed by atoms with E-state index < -0.39 is 0 Å². The van der Waals surface area contributed by atoms with Crippen molar-refractivity contribution in [2.75, 3.05) is 32.1 Å². The average molecular weight is 282 g/mol. The lowest BCUT2D eigenvalue weighted by Crippen LogP contribution is -2.19. The maximum atomic E-state index is 5.64. The van der Waals surface area contributed by atoms with Gasteiger partial charge in [0.2, 0.25) is 5.89 Å². The zero-order chi connectivity index (χ0) is 14.4. The predicted octanol–water partition coefficient (Wildman–Crippen LogP) is 2.36. The molecule has 0 aromatic carbocycles. The number of nitrogens with zero attached hydrogens (tertiary/aromatic N) is 2. The van der Waals surface area contributed by atoms with Gasteiger partial charge in [0.25, 0.3) is 0 Å². The number of aromatic nitrogens is 2. The minimum Gasteiger partial charge on any atom is -0.406 e. The van der Waals surface area contributed by atoms with Crippen molar-refractivity contribution in [2.24, 2.45) is 5.41 Å². The van der Waals surface area contributed by atoms with Gasteiger partial charge in [0, 0.05) is 20.3 Å². The van der Waals surface area contributed by atoms with Crippen molar-refractivity contribution in [1.29, 1.82) is 0 Å². The summed E-state index contributed by atoms with van der Waals surface area (Å²) in [5.41, 5.74) is 0.372. The third kappa shape index (κ3) is 4.18. The van der Waals surface area contributed by atoms with Crippen LogP contribution >= 0.6 is 0 Å². The number of ether oxygens (including phenoxy) is 1. The molecule has 1 aromatic heterocycles. The molecule has 0 spiro atoms. The van der Waals surface area contributed by atoms with Gasteiger partial charge in [0.15, 0.2) is 0 Å². The number of methoxy groups -OCH3 is 1. The molecule has 6 heteroatoms. The minimum atomic E-state index is 0.0985. The molecule has 1 heterocycles. The smallest absolute Gasteiger partial charge is 0.315 e. The monoisotopic (exact) mass is 282 g/mol. The highest BCUT2D eigenvalue weighted by atomic mass is 16.5. The lowest BCUT2D eigenvalue weighted by molar-refractivity contribution is 0.174. The second-order valence-corrected chi connectivity index (χ2v) is 5.72. The van der Waals surface area contributed by atoms with E-state index in [1.54, 1.807) is 7.11 Å². The molecule has 0 aliphatic heterocycles.